The minimum atomic E-state index is -4.33. The second-order valence-electron chi connectivity index (χ2n) is 9.86. The van der Waals surface area contributed by atoms with Gasteiger partial charge in [0.1, 0.15) is 23.3 Å². The third kappa shape index (κ3) is 7.59. The van der Waals surface area contributed by atoms with Crippen LogP contribution in [0.15, 0.2) is 21.9 Å². The van der Waals surface area contributed by atoms with Gasteiger partial charge in [0.15, 0.2) is 6.23 Å². The van der Waals surface area contributed by atoms with Crippen LogP contribution in [0.1, 0.15) is 54.7 Å². The van der Waals surface area contributed by atoms with E-state index in [9.17, 15) is 34.0 Å². The van der Waals surface area contributed by atoms with Crippen molar-refractivity contribution in [3.63, 3.8) is 0 Å². The van der Waals surface area contributed by atoms with Gasteiger partial charge < -0.3 is 28.9 Å². The Morgan fingerprint density at radius 1 is 1.11 bits per heavy atom. The number of aromatic nitrogens is 2. The fourth-order valence-electron chi connectivity index (χ4n) is 3.50. The Labute approximate surface area is 219 Å². The first-order valence-corrected chi connectivity index (χ1v) is 13.6. The minimum Gasteiger partial charge on any atom is -0.462 e. The average molecular weight is 565 g/mol. The average Bonchev–Trinajstić information content (AvgIpc) is 3.00. The van der Waals surface area contributed by atoms with Crippen LogP contribution in [0.4, 0.5) is 0 Å². The molecule has 5 unspecified atom stereocenters. The molecule has 5 atom stereocenters. The fraction of sp³-hybridized carbons (Fsp3) is 0.727. The SMILES string of the molecule is CC(C)OC(=O)C(C)NP(=O)(NC(C)C(=O)OC(C)C)OCC1(O)COC(n2ccc(=O)[nH]c2=O)C1(C)O. The molecule has 216 valence electrons. The highest BCUT2D eigenvalue weighted by Gasteiger charge is 2.59. The van der Waals surface area contributed by atoms with Gasteiger partial charge in [0.2, 0.25) is 0 Å². The standard InChI is InChI=1S/C22H37N4O11P/c1-12(2)36-17(28)14(5)24-38(33,25-15(6)18(29)37-13(3)4)35-11-22(32)10-34-19(21(22,7)31)26-9-8-16(27)23-20(26)30/h8-9,12-15,19,31-32H,10-11H2,1-7H3,(H,23,27,30)(H2,24,25,33). The van der Waals surface area contributed by atoms with Crippen LogP contribution in [-0.4, -0.2) is 80.4 Å². The number of nitrogens with one attached hydrogen (secondary N) is 3. The summed E-state index contributed by atoms with van der Waals surface area (Å²) in [5.41, 5.74) is -5.98. The van der Waals surface area contributed by atoms with Crippen molar-refractivity contribution in [2.24, 2.45) is 0 Å². The van der Waals surface area contributed by atoms with E-state index in [0.29, 0.717) is 0 Å². The van der Waals surface area contributed by atoms with Crippen molar-refractivity contribution in [3.05, 3.63) is 33.1 Å². The topological polar surface area (TPSA) is 208 Å². The molecule has 5 N–H and O–H groups in total. The monoisotopic (exact) mass is 564 g/mol. The van der Waals surface area contributed by atoms with E-state index in [-0.39, 0.29) is 0 Å². The van der Waals surface area contributed by atoms with Gasteiger partial charge in [-0.05, 0) is 48.5 Å². The number of carbonyl (C=O) groups is 2. The van der Waals surface area contributed by atoms with Gasteiger partial charge in [-0.25, -0.2) is 15.0 Å². The Kier molecular flexibility index (Phi) is 10.2. The lowest BCUT2D eigenvalue weighted by molar-refractivity contribution is -0.153. The predicted molar refractivity (Wildman–Crippen MR) is 133 cm³/mol. The molecule has 1 aromatic heterocycles. The predicted octanol–water partition coefficient (Wildman–Crippen LogP) is -0.468. The number of esters is 2. The first-order chi connectivity index (χ1) is 17.4. The highest BCUT2D eigenvalue weighted by molar-refractivity contribution is 7.54. The summed E-state index contributed by atoms with van der Waals surface area (Å²) in [6.45, 7) is 9.02. The van der Waals surface area contributed by atoms with Crippen LogP contribution < -0.4 is 21.4 Å². The maximum atomic E-state index is 13.8. The van der Waals surface area contributed by atoms with E-state index in [4.69, 9.17) is 18.7 Å². The summed E-state index contributed by atoms with van der Waals surface area (Å²) in [7, 11) is -4.33. The highest BCUT2D eigenvalue weighted by atomic mass is 31.2. The fourth-order valence-corrected chi connectivity index (χ4v) is 5.35. The van der Waals surface area contributed by atoms with Gasteiger partial charge in [-0.1, -0.05) is 0 Å². The minimum absolute atomic E-state index is 0.459. The normalized spacial score (nSPS) is 26.7. The zero-order chi connectivity index (χ0) is 29.1. The van der Waals surface area contributed by atoms with Crippen LogP contribution in [0.2, 0.25) is 0 Å². The molecule has 0 aromatic carbocycles. The van der Waals surface area contributed by atoms with Gasteiger partial charge in [-0.15, -0.1) is 0 Å². The van der Waals surface area contributed by atoms with Crippen LogP contribution in [0.25, 0.3) is 0 Å². The maximum Gasteiger partial charge on any atom is 0.342 e. The molecule has 16 heteroatoms. The van der Waals surface area contributed by atoms with Crippen molar-refractivity contribution in [1.82, 2.24) is 19.7 Å². The molecule has 15 nitrogen and oxygen atoms in total. The lowest BCUT2D eigenvalue weighted by Crippen LogP contribution is -2.57. The first-order valence-electron chi connectivity index (χ1n) is 12.0. The van der Waals surface area contributed by atoms with E-state index in [1.165, 1.54) is 20.8 Å². The number of aliphatic hydroxyl groups is 2. The van der Waals surface area contributed by atoms with Crippen molar-refractivity contribution in [2.75, 3.05) is 13.2 Å². The van der Waals surface area contributed by atoms with Gasteiger partial charge in [0, 0.05) is 12.3 Å². The number of ether oxygens (including phenoxy) is 3. The maximum absolute atomic E-state index is 13.8. The molecule has 0 bridgehead atoms. The summed E-state index contributed by atoms with van der Waals surface area (Å²) in [5, 5.41) is 27.4. The van der Waals surface area contributed by atoms with E-state index >= 15 is 0 Å². The Bertz CT molecular complexity index is 1130. The Hall–Kier alpha value is -2.39. The van der Waals surface area contributed by atoms with Gasteiger partial charge in [0.05, 0.1) is 25.4 Å². The number of nitrogens with zero attached hydrogens (tertiary/aromatic N) is 1. The number of hydrogen-bond donors (Lipinski definition) is 5. The third-order valence-electron chi connectivity index (χ3n) is 5.63. The molecular weight excluding hydrogens is 527 g/mol. The molecule has 0 aliphatic carbocycles. The lowest BCUT2D eigenvalue weighted by atomic mass is 9.86. The van der Waals surface area contributed by atoms with Crippen molar-refractivity contribution < 1.29 is 43.1 Å². The van der Waals surface area contributed by atoms with Crippen molar-refractivity contribution >= 4 is 19.6 Å². The molecule has 0 radical (unpaired) electrons. The van der Waals surface area contributed by atoms with Crippen molar-refractivity contribution in [1.29, 1.82) is 0 Å². The number of H-pyrrole nitrogens is 1. The molecule has 1 aliphatic rings. The number of hydrogen-bond acceptors (Lipinski definition) is 11. The van der Waals surface area contributed by atoms with Gasteiger partial charge in [-0.2, -0.15) is 0 Å². The highest BCUT2D eigenvalue weighted by Crippen LogP contribution is 2.45. The number of aromatic amines is 1. The molecule has 0 amide bonds. The zero-order valence-electron chi connectivity index (χ0n) is 22.4. The summed E-state index contributed by atoms with van der Waals surface area (Å²) in [6, 6.07) is -1.32. The summed E-state index contributed by atoms with van der Waals surface area (Å²) < 4.78 is 35.9. The largest absolute Gasteiger partial charge is 0.462 e. The third-order valence-corrected chi connectivity index (χ3v) is 7.58. The molecule has 1 fully saturated rings. The van der Waals surface area contributed by atoms with Gasteiger partial charge in [-0.3, -0.25) is 28.5 Å². The van der Waals surface area contributed by atoms with E-state index < -0.39 is 85.8 Å². The second-order valence-corrected chi connectivity index (χ2v) is 11.7. The van der Waals surface area contributed by atoms with Gasteiger partial charge in [0.25, 0.3) is 5.56 Å². The molecule has 0 spiro atoms. The summed E-state index contributed by atoms with van der Waals surface area (Å²) in [4.78, 5) is 50.3. The number of rotatable bonds is 12. The molecule has 2 heterocycles. The molecular formula is C22H37N4O11P. The quantitative estimate of drug-likeness (QED) is 0.161. The Balaban J connectivity index is 2.29. The summed E-state index contributed by atoms with van der Waals surface area (Å²) in [6.07, 6.45) is -1.27. The first kappa shape index (κ1) is 31.8. The van der Waals surface area contributed by atoms with Crippen LogP contribution in [-0.2, 0) is 32.9 Å². The van der Waals surface area contributed by atoms with E-state index in [1.54, 1.807) is 27.7 Å². The molecule has 0 saturated carbocycles. The Morgan fingerprint density at radius 2 is 1.61 bits per heavy atom. The van der Waals surface area contributed by atoms with Gasteiger partial charge >= 0.3 is 25.3 Å². The zero-order valence-corrected chi connectivity index (χ0v) is 23.3. The van der Waals surface area contributed by atoms with Crippen molar-refractivity contribution in [2.45, 2.75) is 90.2 Å². The number of carbonyl (C=O) groups excluding carboxylic acids is 2. The molecule has 1 saturated heterocycles. The summed E-state index contributed by atoms with van der Waals surface area (Å²) in [5.74, 6) is -1.51. The van der Waals surface area contributed by atoms with Crippen LogP contribution in [0.3, 0.4) is 0 Å². The molecule has 38 heavy (non-hydrogen) atoms. The second kappa shape index (κ2) is 12.2. The smallest absolute Gasteiger partial charge is 0.342 e. The van der Waals surface area contributed by atoms with E-state index in [1.807, 2.05) is 4.98 Å². The lowest BCUT2D eigenvalue weighted by Gasteiger charge is -2.37. The van der Waals surface area contributed by atoms with Crippen LogP contribution in [0.5, 0.6) is 0 Å². The van der Waals surface area contributed by atoms with Crippen LogP contribution >= 0.6 is 7.67 Å². The molecule has 1 aliphatic heterocycles. The van der Waals surface area contributed by atoms with E-state index in [2.05, 4.69) is 10.2 Å². The van der Waals surface area contributed by atoms with Crippen molar-refractivity contribution in [3.8, 4) is 0 Å². The summed E-state index contributed by atoms with van der Waals surface area (Å²) >= 11 is 0. The van der Waals surface area contributed by atoms with Crippen LogP contribution in [0, 0.1) is 0 Å². The molecule has 2 rings (SSSR count). The Morgan fingerprint density at radius 3 is 2.05 bits per heavy atom. The van der Waals surface area contributed by atoms with E-state index in [0.717, 1.165) is 16.8 Å². The molecule has 1 aromatic rings.